The van der Waals surface area contributed by atoms with Crippen LogP contribution in [0.3, 0.4) is 0 Å². The van der Waals surface area contributed by atoms with E-state index in [9.17, 15) is 0 Å². The van der Waals surface area contributed by atoms with E-state index < -0.39 is 0 Å². The van der Waals surface area contributed by atoms with Crippen LogP contribution in [0.2, 0.25) is 0 Å². The predicted molar refractivity (Wildman–Crippen MR) is 79.3 cm³/mol. The molecule has 3 heteroatoms. The summed E-state index contributed by atoms with van der Waals surface area (Å²) in [5.74, 6) is 0. The molecule has 2 rings (SSSR count). The first-order chi connectivity index (χ1) is 9.24. The summed E-state index contributed by atoms with van der Waals surface area (Å²) in [4.78, 5) is 0. The van der Waals surface area contributed by atoms with Gasteiger partial charge in [-0.3, -0.25) is 0 Å². The minimum atomic E-state index is 0.500. The number of nitrogens with one attached hydrogen (secondary N) is 1. The van der Waals surface area contributed by atoms with Crippen LogP contribution in [0.4, 0.5) is 17.1 Å². The Kier molecular flexibility index (Phi) is 4.04. The Morgan fingerprint density at radius 3 is 2.68 bits per heavy atom. The van der Waals surface area contributed by atoms with Gasteiger partial charge in [0.2, 0.25) is 0 Å². The fourth-order valence-corrected chi connectivity index (χ4v) is 2.03. The van der Waals surface area contributed by atoms with Gasteiger partial charge in [-0.1, -0.05) is 31.5 Å². The second-order valence-corrected chi connectivity index (χ2v) is 4.45. The van der Waals surface area contributed by atoms with E-state index in [2.05, 4.69) is 30.4 Å². The highest BCUT2D eigenvalue weighted by Crippen LogP contribution is 2.24. The number of rotatable bonds is 4. The average molecular weight is 251 g/mol. The first-order valence-electron chi connectivity index (χ1n) is 6.39. The molecule has 0 spiro atoms. The average Bonchev–Trinajstić information content (AvgIpc) is 2.41. The molecule has 0 heterocycles. The lowest BCUT2D eigenvalue weighted by molar-refractivity contribution is 0.923. The summed E-state index contributed by atoms with van der Waals surface area (Å²) in [6.07, 6.45) is 2.14. The summed E-state index contributed by atoms with van der Waals surface area (Å²) in [6, 6.07) is 15.7. The van der Waals surface area contributed by atoms with Crippen molar-refractivity contribution in [2.75, 3.05) is 11.1 Å². The van der Waals surface area contributed by atoms with Crippen LogP contribution in [0.25, 0.3) is 0 Å². The number of nitrogen functional groups attached to an aromatic ring is 1. The minimum Gasteiger partial charge on any atom is -0.398 e. The molecular weight excluding hydrogens is 234 g/mol. The first kappa shape index (κ1) is 13.0. The summed E-state index contributed by atoms with van der Waals surface area (Å²) in [5, 5.41) is 12.2. The molecule has 2 aromatic rings. The molecule has 0 saturated heterocycles. The van der Waals surface area contributed by atoms with Crippen molar-refractivity contribution in [2.24, 2.45) is 0 Å². The van der Waals surface area contributed by atoms with E-state index in [1.54, 1.807) is 12.1 Å². The van der Waals surface area contributed by atoms with Crippen LogP contribution in [0.15, 0.2) is 42.5 Å². The van der Waals surface area contributed by atoms with Crippen LogP contribution in [0.5, 0.6) is 0 Å². The number of nitrogens with zero attached hydrogens (tertiary/aromatic N) is 1. The highest BCUT2D eigenvalue weighted by Gasteiger charge is 2.03. The van der Waals surface area contributed by atoms with Gasteiger partial charge in [0.1, 0.15) is 6.07 Å². The zero-order valence-corrected chi connectivity index (χ0v) is 11.0. The van der Waals surface area contributed by atoms with Gasteiger partial charge in [-0.05, 0) is 36.2 Å². The number of hydrogen-bond donors (Lipinski definition) is 2. The molecule has 0 bridgehead atoms. The molecule has 0 aromatic heterocycles. The molecule has 0 radical (unpaired) electrons. The summed E-state index contributed by atoms with van der Waals surface area (Å²) >= 11 is 0. The van der Waals surface area contributed by atoms with E-state index in [4.69, 9.17) is 11.0 Å². The standard InChI is InChI=1S/C16H17N3/c1-2-5-12-6-3-4-7-16(12)19-14-9-8-13(11-17)15(18)10-14/h3-4,6-10,19H,2,5,18H2,1H3. The van der Waals surface area contributed by atoms with Gasteiger partial charge >= 0.3 is 0 Å². The molecule has 0 aliphatic rings. The summed E-state index contributed by atoms with van der Waals surface area (Å²) in [5.41, 5.74) is 10.1. The third-order valence-corrected chi connectivity index (χ3v) is 2.99. The topological polar surface area (TPSA) is 61.8 Å². The Balaban J connectivity index is 2.26. The molecular formula is C16H17N3. The van der Waals surface area contributed by atoms with Crippen molar-refractivity contribution in [3.8, 4) is 6.07 Å². The van der Waals surface area contributed by atoms with Crippen molar-refractivity contribution in [2.45, 2.75) is 19.8 Å². The third kappa shape index (κ3) is 3.05. The second kappa shape index (κ2) is 5.92. The minimum absolute atomic E-state index is 0.500. The van der Waals surface area contributed by atoms with E-state index in [1.165, 1.54) is 5.56 Å². The first-order valence-corrected chi connectivity index (χ1v) is 6.39. The molecule has 0 saturated carbocycles. The van der Waals surface area contributed by atoms with Gasteiger partial charge < -0.3 is 11.1 Å². The fraction of sp³-hybridized carbons (Fsp3) is 0.188. The number of anilines is 3. The van der Waals surface area contributed by atoms with E-state index in [0.717, 1.165) is 24.2 Å². The molecule has 3 N–H and O–H groups in total. The number of benzene rings is 2. The smallest absolute Gasteiger partial charge is 0.101 e. The SMILES string of the molecule is CCCc1ccccc1Nc1ccc(C#N)c(N)c1. The van der Waals surface area contributed by atoms with Crippen LogP contribution in [-0.2, 0) is 6.42 Å². The van der Waals surface area contributed by atoms with Gasteiger partial charge in [0.15, 0.2) is 0 Å². The monoisotopic (exact) mass is 251 g/mol. The van der Waals surface area contributed by atoms with E-state index in [-0.39, 0.29) is 0 Å². The summed E-state index contributed by atoms with van der Waals surface area (Å²) < 4.78 is 0. The second-order valence-electron chi connectivity index (χ2n) is 4.45. The van der Waals surface area contributed by atoms with Gasteiger partial charge in [0.25, 0.3) is 0 Å². The van der Waals surface area contributed by atoms with Crippen LogP contribution in [0, 0.1) is 11.3 Å². The fourth-order valence-electron chi connectivity index (χ4n) is 2.03. The van der Waals surface area contributed by atoms with E-state index >= 15 is 0 Å². The maximum Gasteiger partial charge on any atom is 0.101 e. The maximum absolute atomic E-state index is 8.86. The van der Waals surface area contributed by atoms with Crippen LogP contribution < -0.4 is 11.1 Å². The normalized spacial score (nSPS) is 9.89. The third-order valence-electron chi connectivity index (χ3n) is 2.99. The number of para-hydroxylation sites is 1. The number of nitrogens with two attached hydrogens (primary N) is 1. The van der Waals surface area contributed by atoms with Gasteiger partial charge in [-0.15, -0.1) is 0 Å². The van der Waals surface area contributed by atoms with Crippen molar-refractivity contribution < 1.29 is 0 Å². The van der Waals surface area contributed by atoms with Crippen molar-refractivity contribution >= 4 is 17.1 Å². The molecule has 0 unspecified atom stereocenters. The quantitative estimate of drug-likeness (QED) is 0.812. The summed E-state index contributed by atoms with van der Waals surface area (Å²) in [6.45, 7) is 2.16. The lowest BCUT2D eigenvalue weighted by Crippen LogP contribution is -1.98. The molecule has 0 amide bonds. The van der Waals surface area contributed by atoms with Gasteiger partial charge in [0.05, 0.1) is 11.3 Å². The number of hydrogen-bond acceptors (Lipinski definition) is 3. The van der Waals surface area contributed by atoms with Crippen LogP contribution >= 0.6 is 0 Å². The van der Waals surface area contributed by atoms with E-state index in [1.807, 2.05) is 18.2 Å². The van der Waals surface area contributed by atoms with Gasteiger partial charge in [0, 0.05) is 11.4 Å². The maximum atomic E-state index is 8.86. The van der Waals surface area contributed by atoms with Crippen molar-refractivity contribution in [3.63, 3.8) is 0 Å². The predicted octanol–water partition coefficient (Wildman–Crippen LogP) is 3.84. The lowest BCUT2D eigenvalue weighted by atomic mass is 10.1. The summed E-state index contributed by atoms with van der Waals surface area (Å²) in [7, 11) is 0. The molecule has 19 heavy (non-hydrogen) atoms. The highest BCUT2D eigenvalue weighted by molar-refractivity contribution is 5.69. The van der Waals surface area contributed by atoms with Crippen LogP contribution in [-0.4, -0.2) is 0 Å². The van der Waals surface area contributed by atoms with E-state index in [0.29, 0.717) is 11.3 Å². The Morgan fingerprint density at radius 2 is 2.00 bits per heavy atom. The number of nitriles is 1. The highest BCUT2D eigenvalue weighted by atomic mass is 14.9. The Bertz CT molecular complexity index is 612. The molecule has 0 aliphatic heterocycles. The van der Waals surface area contributed by atoms with Crippen molar-refractivity contribution in [3.05, 3.63) is 53.6 Å². The van der Waals surface area contributed by atoms with Gasteiger partial charge in [-0.25, -0.2) is 0 Å². The Morgan fingerprint density at radius 1 is 1.21 bits per heavy atom. The zero-order valence-electron chi connectivity index (χ0n) is 11.0. The number of aryl methyl sites for hydroxylation is 1. The molecule has 2 aromatic carbocycles. The largest absolute Gasteiger partial charge is 0.398 e. The lowest BCUT2D eigenvalue weighted by Gasteiger charge is -2.12. The van der Waals surface area contributed by atoms with Crippen LogP contribution in [0.1, 0.15) is 24.5 Å². The molecule has 0 fully saturated rings. The molecule has 0 atom stereocenters. The van der Waals surface area contributed by atoms with Gasteiger partial charge in [-0.2, -0.15) is 5.26 Å². The Hall–Kier alpha value is -2.47. The van der Waals surface area contributed by atoms with Crippen molar-refractivity contribution in [1.82, 2.24) is 0 Å². The molecule has 3 nitrogen and oxygen atoms in total. The Labute approximate surface area is 113 Å². The van der Waals surface area contributed by atoms with Crippen molar-refractivity contribution in [1.29, 1.82) is 5.26 Å². The zero-order chi connectivity index (χ0) is 13.7. The molecule has 0 aliphatic carbocycles. The molecule has 96 valence electrons.